The van der Waals surface area contributed by atoms with E-state index in [4.69, 9.17) is 0 Å². The van der Waals surface area contributed by atoms with Crippen LogP contribution in [0.4, 0.5) is 0 Å². The Morgan fingerprint density at radius 3 is 3.54 bits per heavy atom. The third-order valence-corrected chi connectivity index (χ3v) is 3.06. The summed E-state index contributed by atoms with van der Waals surface area (Å²) < 4.78 is 0. The molecule has 1 saturated heterocycles. The molecule has 1 fully saturated rings. The molecule has 3 rings (SSSR count). The van der Waals surface area contributed by atoms with Crippen LogP contribution < -0.4 is 10.6 Å². The predicted molar refractivity (Wildman–Crippen MR) is 52.2 cm³/mol. The second kappa shape index (κ2) is 2.42. The standard InChI is InChI=1S/C9H12N4/c1-3-11-8-5-10-4-2-9(8)7(1)12-6-13-9/h1,3,6,8,10H,2,4-5H2,(H,12,13)/t8-,9+/m1/s1. The van der Waals surface area contributed by atoms with E-state index < -0.39 is 0 Å². The van der Waals surface area contributed by atoms with E-state index in [2.05, 4.69) is 20.6 Å². The highest BCUT2D eigenvalue weighted by molar-refractivity contribution is 5.79. The fourth-order valence-corrected chi connectivity index (χ4v) is 2.32. The summed E-state index contributed by atoms with van der Waals surface area (Å²) >= 11 is 0. The van der Waals surface area contributed by atoms with Crippen LogP contribution in [0.1, 0.15) is 6.42 Å². The predicted octanol–water partition coefficient (Wildman–Crippen LogP) is -0.313. The van der Waals surface area contributed by atoms with Crippen molar-refractivity contribution in [2.45, 2.75) is 18.0 Å². The van der Waals surface area contributed by atoms with E-state index in [1.54, 1.807) is 6.34 Å². The first-order valence-corrected chi connectivity index (χ1v) is 4.67. The lowest BCUT2D eigenvalue weighted by molar-refractivity contribution is 0.315. The summed E-state index contributed by atoms with van der Waals surface area (Å²) in [5.41, 5.74) is 1.16. The largest absolute Gasteiger partial charge is 0.348 e. The molecule has 0 aliphatic carbocycles. The van der Waals surface area contributed by atoms with Crippen molar-refractivity contribution in [3.8, 4) is 0 Å². The molecule has 4 heteroatoms. The number of aliphatic imine (C=N–C) groups is 2. The van der Waals surface area contributed by atoms with E-state index in [0.29, 0.717) is 0 Å². The maximum absolute atomic E-state index is 4.55. The highest BCUT2D eigenvalue weighted by Gasteiger charge is 2.46. The minimum Gasteiger partial charge on any atom is -0.348 e. The highest BCUT2D eigenvalue weighted by atomic mass is 15.2. The molecule has 1 spiro atoms. The Morgan fingerprint density at radius 2 is 2.54 bits per heavy atom. The molecule has 2 atom stereocenters. The van der Waals surface area contributed by atoms with Crippen LogP contribution in [-0.4, -0.2) is 37.2 Å². The summed E-state index contributed by atoms with van der Waals surface area (Å²) in [6.45, 7) is 1.97. The van der Waals surface area contributed by atoms with Crippen molar-refractivity contribution >= 4 is 12.6 Å². The maximum Gasteiger partial charge on any atom is 0.127 e. The van der Waals surface area contributed by atoms with Crippen molar-refractivity contribution in [3.63, 3.8) is 0 Å². The summed E-state index contributed by atoms with van der Waals surface area (Å²) in [6, 6.07) is 0.285. The molecule has 0 amide bonds. The molecule has 0 aromatic heterocycles. The van der Waals surface area contributed by atoms with Gasteiger partial charge >= 0.3 is 0 Å². The van der Waals surface area contributed by atoms with Crippen LogP contribution in [0, 0.1) is 0 Å². The van der Waals surface area contributed by atoms with Crippen LogP contribution in [0.15, 0.2) is 21.8 Å². The quantitative estimate of drug-likeness (QED) is 0.532. The molecule has 0 aromatic rings. The van der Waals surface area contributed by atoms with Gasteiger partial charge in [-0.3, -0.25) is 9.98 Å². The van der Waals surface area contributed by atoms with E-state index >= 15 is 0 Å². The van der Waals surface area contributed by atoms with Crippen LogP contribution >= 0.6 is 0 Å². The molecule has 4 nitrogen and oxygen atoms in total. The topological polar surface area (TPSA) is 48.8 Å². The van der Waals surface area contributed by atoms with Crippen molar-refractivity contribution in [2.75, 3.05) is 13.1 Å². The monoisotopic (exact) mass is 176 g/mol. The minimum atomic E-state index is -0.0556. The van der Waals surface area contributed by atoms with E-state index in [0.717, 1.165) is 19.5 Å². The molecular formula is C9H12N4. The Bertz CT molecular complexity index is 318. The molecule has 0 radical (unpaired) electrons. The van der Waals surface area contributed by atoms with Gasteiger partial charge in [0.05, 0.1) is 12.4 Å². The number of hydrogen-bond donors (Lipinski definition) is 2. The van der Waals surface area contributed by atoms with Crippen LogP contribution in [0.25, 0.3) is 0 Å². The molecule has 3 heterocycles. The summed E-state index contributed by atoms with van der Waals surface area (Å²) in [5, 5.41) is 6.55. The van der Waals surface area contributed by atoms with Gasteiger partial charge in [-0.25, -0.2) is 0 Å². The van der Waals surface area contributed by atoms with Gasteiger partial charge in [-0.05, 0) is 19.0 Å². The number of hydrogen-bond acceptors (Lipinski definition) is 4. The zero-order valence-electron chi connectivity index (χ0n) is 7.33. The van der Waals surface area contributed by atoms with E-state index in [1.165, 1.54) is 5.70 Å². The highest BCUT2D eigenvalue weighted by Crippen LogP contribution is 2.35. The van der Waals surface area contributed by atoms with Gasteiger partial charge in [-0.2, -0.15) is 0 Å². The zero-order valence-corrected chi connectivity index (χ0v) is 7.33. The van der Waals surface area contributed by atoms with Crippen molar-refractivity contribution in [2.24, 2.45) is 9.98 Å². The maximum atomic E-state index is 4.55. The van der Waals surface area contributed by atoms with Gasteiger partial charge in [0, 0.05) is 18.5 Å². The fraction of sp³-hybridized carbons (Fsp3) is 0.556. The van der Waals surface area contributed by atoms with Crippen LogP contribution in [0.5, 0.6) is 0 Å². The first-order chi connectivity index (χ1) is 6.42. The first kappa shape index (κ1) is 7.26. The molecule has 13 heavy (non-hydrogen) atoms. The Labute approximate surface area is 76.8 Å². The lowest BCUT2D eigenvalue weighted by atomic mass is 9.81. The first-order valence-electron chi connectivity index (χ1n) is 4.67. The molecule has 3 aliphatic rings. The Balaban J connectivity index is 2.06. The summed E-state index contributed by atoms with van der Waals surface area (Å²) in [6.07, 6.45) is 6.77. The smallest absolute Gasteiger partial charge is 0.127 e. The molecule has 68 valence electrons. The second-order valence-electron chi connectivity index (χ2n) is 3.68. The lowest BCUT2D eigenvalue weighted by Crippen LogP contribution is -2.54. The minimum absolute atomic E-state index is 0.0556. The third kappa shape index (κ3) is 0.836. The zero-order chi connectivity index (χ0) is 8.73. The summed E-state index contributed by atoms with van der Waals surface area (Å²) in [4.78, 5) is 9.02. The van der Waals surface area contributed by atoms with Gasteiger partial charge in [-0.15, -0.1) is 0 Å². The second-order valence-corrected chi connectivity index (χ2v) is 3.68. The Morgan fingerprint density at radius 1 is 1.54 bits per heavy atom. The number of nitrogens with zero attached hydrogens (tertiary/aromatic N) is 2. The van der Waals surface area contributed by atoms with Gasteiger partial charge < -0.3 is 10.6 Å². The van der Waals surface area contributed by atoms with Crippen molar-refractivity contribution in [1.29, 1.82) is 0 Å². The number of nitrogens with one attached hydrogen (secondary N) is 2. The van der Waals surface area contributed by atoms with Gasteiger partial charge in [0.2, 0.25) is 0 Å². The van der Waals surface area contributed by atoms with Gasteiger partial charge in [-0.1, -0.05) is 0 Å². The van der Waals surface area contributed by atoms with Crippen LogP contribution in [0.3, 0.4) is 0 Å². The molecule has 2 N–H and O–H groups in total. The SMILES string of the molecule is C1=N[C@@H]2CNCC[C@@]23N=CNC3=C1. The lowest BCUT2D eigenvalue weighted by Gasteiger charge is -2.39. The van der Waals surface area contributed by atoms with Crippen LogP contribution in [-0.2, 0) is 0 Å². The van der Waals surface area contributed by atoms with Crippen molar-refractivity contribution < 1.29 is 0 Å². The number of dihydropyridines is 1. The average Bonchev–Trinajstić information content (AvgIpc) is 2.58. The van der Waals surface area contributed by atoms with E-state index in [-0.39, 0.29) is 11.6 Å². The number of allylic oxidation sites excluding steroid dienone is 1. The number of rotatable bonds is 0. The Hall–Kier alpha value is -1.16. The molecule has 0 bridgehead atoms. The van der Waals surface area contributed by atoms with E-state index in [9.17, 15) is 0 Å². The van der Waals surface area contributed by atoms with Gasteiger partial charge in [0.15, 0.2) is 0 Å². The fourth-order valence-electron chi connectivity index (χ4n) is 2.32. The van der Waals surface area contributed by atoms with Gasteiger partial charge in [0.25, 0.3) is 0 Å². The van der Waals surface area contributed by atoms with E-state index in [1.807, 2.05) is 12.3 Å². The molecule has 0 unspecified atom stereocenters. The summed E-state index contributed by atoms with van der Waals surface area (Å²) in [5.74, 6) is 0. The third-order valence-electron chi connectivity index (χ3n) is 3.06. The van der Waals surface area contributed by atoms with Crippen molar-refractivity contribution in [1.82, 2.24) is 10.6 Å². The summed E-state index contributed by atoms with van der Waals surface area (Å²) in [7, 11) is 0. The van der Waals surface area contributed by atoms with Crippen LogP contribution in [0.2, 0.25) is 0 Å². The van der Waals surface area contributed by atoms with Crippen molar-refractivity contribution in [3.05, 3.63) is 11.8 Å². The molecule has 3 aliphatic heterocycles. The average molecular weight is 176 g/mol. The van der Waals surface area contributed by atoms with Gasteiger partial charge in [0.1, 0.15) is 5.54 Å². The molecular weight excluding hydrogens is 164 g/mol. The molecule has 0 aromatic carbocycles. The molecule has 0 saturated carbocycles. The number of piperidine rings is 1. The Kier molecular flexibility index (Phi) is 1.35. The normalized spacial score (nSPS) is 40.6.